The van der Waals surface area contributed by atoms with E-state index in [1.165, 1.54) is 52.5 Å². The number of aromatic nitrogens is 3. The number of nitrogens with one attached hydrogen (secondary N) is 1. The van der Waals surface area contributed by atoms with Crippen molar-refractivity contribution >= 4 is 43.3 Å². The van der Waals surface area contributed by atoms with Crippen LogP contribution in [0.2, 0.25) is 0 Å². The number of fused-ring (bicyclic) bond motifs is 2. The minimum absolute atomic E-state index is 0.167. The Bertz CT molecular complexity index is 1490. The molecule has 1 aliphatic carbocycles. The molecule has 4 aromatic rings. The molecule has 2 heterocycles. The lowest BCUT2D eigenvalue weighted by Crippen LogP contribution is -2.30. The molecule has 0 atom stereocenters. The molecule has 2 aromatic heterocycles. The van der Waals surface area contributed by atoms with Gasteiger partial charge in [0.25, 0.3) is 5.91 Å². The van der Waals surface area contributed by atoms with Gasteiger partial charge in [0.1, 0.15) is 5.82 Å². The zero-order valence-electron chi connectivity index (χ0n) is 20.6. The Balaban J connectivity index is 1.40. The zero-order valence-corrected chi connectivity index (χ0v) is 22.2. The fourth-order valence-electron chi connectivity index (χ4n) is 4.65. The number of anilines is 1. The highest BCUT2D eigenvalue weighted by atomic mass is 32.2. The smallest absolute Gasteiger partial charge is 0.256 e. The molecule has 1 aliphatic rings. The van der Waals surface area contributed by atoms with E-state index < -0.39 is 10.0 Å². The fourth-order valence-corrected chi connectivity index (χ4v) is 7.08. The highest BCUT2D eigenvalue weighted by molar-refractivity contribution is 7.89. The summed E-state index contributed by atoms with van der Waals surface area (Å²) in [6.07, 6.45) is 4.64. The highest BCUT2D eigenvalue weighted by Crippen LogP contribution is 2.32. The van der Waals surface area contributed by atoms with Crippen molar-refractivity contribution in [1.82, 2.24) is 19.1 Å². The van der Waals surface area contributed by atoms with Crippen molar-refractivity contribution in [1.29, 1.82) is 0 Å². The third kappa shape index (κ3) is 4.56. The van der Waals surface area contributed by atoms with Crippen molar-refractivity contribution in [2.75, 3.05) is 18.4 Å². The number of carbonyl (C=O) groups is 1. The van der Waals surface area contributed by atoms with E-state index in [1.807, 2.05) is 6.92 Å². The van der Waals surface area contributed by atoms with Crippen LogP contribution in [0.1, 0.15) is 53.9 Å². The maximum absolute atomic E-state index is 13.0. The molecular formula is C26H29N5O3S2. The predicted octanol–water partition coefficient (Wildman–Crippen LogP) is 4.95. The van der Waals surface area contributed by atoms with Gasteiger partial charge < -0.3 is 5.32 Å². The normalized spacial score (nSPS) is 13.8. The maximum Gasteiger partial charge on any atom is 0.256 e. The molecular weight excluding hydrogens is 494 g/mol. The number of aryl methyl sites for hydroxylation is 3. The molecule has 0 saturated heterocycles. The molecule has 36 heavy (non-hydrogen) atoms. The summed E-state index contributed by atoms with van der Waals surface area (Å²) in [4.78, 5) is 18.0. The number of amides is 1. The molecule has 1 N–H and O–H groups in total. The van der Waals surface area contributed by atoms with Crippen molar-refractivity contribution in [3.8, 4) is 5.13 Å². The van der Waals surface area contributed by atoms with Crippen LogP contribution in [0.15, 0.2) is 47.4 Å². The van der Waals surface area contributed by atoms with E-state index in [2.05, 4.69) is 22.5 Å². The van der Waals surface area contributed by atoms with Crippen LogP contribution in [-0.4, -0.2) is 46.5 Å². The number of hydrogen-bond donors (Lipinski definition) is 1. The second-order valence-electron chi connectivity index (χ2n) is 8.94. The van der Waals surface area contributed by atoms with Crippen molar-refractivity contribution in [3.63, 3.8) is 0 Å². The highest BCUT2D eigenvalue weighted by Gasteiger charge is 2.22. The number of thiazole rings is 1. The van der Waals surface area contributed by atoms with Crippen LogP contribution < -0.4 is 5.32 Å². The maximum atomic E-state index is 13.0. The molecule has 1 amide bonds. The predicted molar refractivity (Wildman–Crippen MR) is 143 cm³/mol. The molecule has 5 rings (SSSR count). The van der Waals surface area contributed by atoms with E-state index >= 15 is 0 Å². The van der Waals surface area contributed by atoms with Gasteiger partial charge in [-0.2, -0.15) is 14.1 Å². The van der Waals surface area contributed by atoms with Gasteiger partial charge in [-0.15, -0.1) is 0 Å². The number of rotatable bonds is 7. The van der Waals surface area contributed by atoms with E-state index in [9.17, 15) is 13.2 Å². The van der Waals surface area contributed by atoms with Gasteiger partial charge >= 0.3 is 0 Å². The topological polar surface area (TPSA) is 97.2 Å². The van der Waals surface area contributed by atoms with Gasteiger partial charge in [0, 0.05) is 24.7 Å². The molecule has 0 spiro atoms. The molecule has 0 aliphatic heterocycles. The van der Waals surface area contributed by atoms with Crippen molar-refractivity contribution in [2.45, 2.75) is 51.3 Å². The van der Waals surface area contributed by atoms with Crippen LogP contribution in [0.3, 0.4) is 0 Å². The third-order valence-corrected chi connectivity index (χ3v) is 9.61. The molecule has 8 nitrogen and oxygen atoms in total. The van der Waals surface area contributed by atoms with Crippen LogP contribution in [0.25, 0.3) is 15.3 Å². The van der Waals surface area contributed by atoms with Crippen LogP contribution in [0, 0.1) is 6.92 Å². The summed E-state index contributed by atoms with van der Waals surface area (Å²) < 4.78 is 29.6. The van der Waals surface area contributed by atoms with E-state index in [-0.39, 0.29) is 10.8 Å². The van der Waals surface area contributed by atoms with Gasteiger partial charge in [0.05, 0.1) is 20.8 Å². The first kappa shape index (κ1) is 24.6. The number of sulfonamides is 1. The van der Waals surface area contributed by atoms with Gasteiger partial charge in [0.15, 0.2) is 0 Å². The fraction of sp³-hybridized carbons (Fsp3) is 0.346. The van der Waals surface area contributed by atoms with E-state index in [0.717, 1.165) is 28.8 Å². The molecule has 0 unspecified atom stereocenters. The van der Waals surface area contributed by atoms with Crippen LogP contribution >= 0.6 is 11.3 Å². The number of carbonyl (C=O) groups excluding carboxylic acids is 1. The largest absolute Gasteiger partial charge is 0.306 e. The van der Waals surface area contributed by atoms with Crippen LogP contribution in [-0.2, 0) is 22.9 Å². The molecule has 10 heteroatoms. The van der Waals surface area contributed by atoms with Gasteiger partial charge in [-0.1, -0.05) is 25.2 Å². The standard InChI is InChI=1S/C26H29N5O3S2/c1-4-30(5-2)36(33,34)21-12-10-18(11-13-21)25(32)28-24-14-17(3)29-31(24)26-27-22-15-19-8-6-7-9-20(19)16-23(22)35-26/h10-16H,4-9H2,1-3H3,(H,28,32). The van der Waals surface area contributed by atoms with Gasteiger partial charge in [-0.25, -0.2) is 13.4 Å². The molecule has 0 saturated carbocycles. The van der Waals surface area contributed by atoms with Crippen molar-refractivity contribution in [2.24, 2.45) is 0 Å². The summed E-state index contributed by atoms with van der Waals surface area (Å²) in [7, 11) is -3.58. The first-order valence-electron chi connectivity index (χ1n) is 12.2. The Hall–Kier alpha value is -3.08. The monoisotopic (exact) mass is 523 g/mol. The number of nitrogens with zero attached hydrogens (tertiary/aromatic N) is 4. The molecule has 188 valence electrons. The van der Waals surface area contributed by atoms with E-state index in [1.54, 1.807) is 35.9 Å². The zero-order chi connectivity index (χ0) is 25.4. The summed E-state index contributed by atoms with van der Waals surface area (Å²) in [5, 5.41) is 8.18. The minimum Gasteiger partial charge on any atom is -0.306 e. The summed E-state index contributed by atoms with van der Waals surface area (Å²) in [6.45, 7) is 6.24. The summed E-state index contributed by atoms with van der Waals surface area (Å²) in [6, 6.07) is 12.2. The van der Waals surface area contributed by atoms with Gasteiger partial charge in [-0.05, 0) is 80.1 Å². The van der Waals surface area contributed by atoms with Crippen molar-refractivity contribution < 1.29 is 13.2 Å². The first-order chi connectivity index (χ1) is 17.3. The summed E-state index contributed by atoms with van der Waals surface area (Å²) in [5.74, 6) is 0.167. The van der Waals surface area contributed by atoms with E-state index in [4.69, 9.17) is 4.98 Å². The minimum atomic E-state index is -3.58. The molecule has 0 bridgehead atoms. The summed E-state index contributed by atoms with van der Waals surface area (Å²) >= 11 is 1.55. The lowest BCUT2D eigenvalue weighted by atomic mass is 9.92. The number of benzene rings is 2. The lowest BCUT2D eigenvalue weighted by molar-refractivity contribution is 0.102. The second kappa shape index (κ2) is 9.76. The van der Waals surface area contributed by atoms with Gasteiger partial charge in [-0.3, -0.25) is 4.79 Å². The Kier molecular flexibility index (Phi) is 6.67. The quantitative estimate of drug-likeness (QED) is 0.370. The first-order valence-corrected chi connectivity index (χ1v) is 14.5. The Morgan fingerprint density at radius 3 is 2.39 bits per heavy atom. The number of hydrogen-bond acceptors (Lipinski definition) is 6. The Morgan fingerprint density at radius 2 is 1.72 bits per heavy atom. The average Bonchev–Trinajstić information content (AvgIpc) is 3.45. The van der Waals surface area contributed by atoms with Crippen molar-refractivity contribution in [3.05, 3.63) is 64.8 Å². The molecule has 0 radical (unpaired) electrons. The molecule has 0 fully saturated rings. The van der Waals surface area contributed by atoms with Gasteiger partial charge in [0.2, 0.25) is 15.2 Å². The Morgan fingerprint density at radius 1 is 1.06 bits per heavy atom. The lowest BCUT2D eigenvalue weighted by Gasteiger charge is -2.18. The third-order valence-electron chi connectivity index (χ3n) is 6.55. The summed E-state index contributed by atoms with van der Waals surface area (Å²) in [5.41, 5.74) is 4.84. The average molecular weight is 524 g/mol. The molecule has 2 aromatic carbocycles. The van der Waals surface area contributed by atoms with Crippen LogP contribution in [0.4, 0.5) is 5.82 Å². The second-order valence-corrected chi connectivity index (χ2v) is 11.9. The Labute approximate surface area is 215 Å². The van der Waals surface area contributed by atoms with E-state index in [0.29, 0.717) is 29.6 Å². The van der Waals surface area contributed by atoms with Crippen LogP contribution in [0.5, 0.6) is 0 Å². The SMILES string of the molecule is CCN(CC)S(=O)(=O)c1ccc(C(=O)Nc2cc(C)nn2-c2nc3cc4c(cc3s2)CCCC4)cc1.